The van der Waals surface area contributed by atoms with Gasteiger partial charge in [-0.25, -0.2) is 4.79 Å². The maximum Gasteiger partial charge on any atom is 0.339 e. The Balaban J connectivity index is 1.67. The van der Waals surface area contributed by atoms with Gasteiger partial charge in [0, 0.05) is 31.9 Å². The highest BCUT2D eigenvalue weighted by atomic mass is 16.5. The molecule has 0 radical (unpaired) electrons. The molecule has 2 aromatic heterocycles. The van der Waals surface area contributed by atoms with Gasteiger partial charge in [-0.15, -0.1) is 0 Å². The normalized spacial score (nSPS) is 16.1. The number of amides is 1. The van der Waals surface area contributed by atoms with Crippen molar-refractivity contribution in [1.29, 1.82) is 0 Å². The highest BCUT2D eigenvalue weighted by Gasteiger charge is 2.31. The van der Waals surface area contributed by atoms with E-state index in [0.717, 1.165) is 0 Å². The average Bonchev–Trinajstić information content (AvgIpc) is 3.34. The number of aromatic nitrogens is 1. The lowest BCUT2D eigenvalue weighted by Crippen LogP contribution is -2.53. The Kier molecular flexibility index (Phi) is 5.69. The number of esters is 1. The van der Waals surface area contributed by atoms with Gasteiger partial charge in [-0.05, 0) is 38.5 Å². The zero-order valence-electron chi connectivity index (χ0n) is 16.6. The van der Waals surface area contributed by atoms with Crippen molar-refractivity contribution in [3.05, 3.63) is 46.7 Å². The number of aryl methyl sites for hydroxylation is 1. The van der Waals surface area contributed by atoms with Crippen LogP contribution in [0.2, 0.25) is 0 Å². The summed E-state index contributed by atoms with van der Waals surface area (Å²) in [6.07, 6.45) is 1.48. The van der Waals surface area contributed by atoms with Crippen molar-refractivity contribution in [1.82, 2.24) is 14.8 Å². The Labute approximate surface area is 163 Å². The molecular formula is C20H25N3O5. The van der Waals surface area contributed by atoms with Crippen LogP contribution < -0.4 is 0 Å². The Morgan fingerprint density at radius 2 is 1.86 bits per heavy atom. The smallest absolute Gasteiger partial charge is 0.339 e. The number of hydrogen-bond acceptors (Lipinski definition) is 6. The molecule has 3 heterocycles. The minimum atomic E-state index is -0.456. The van der Waals surface area contributed by atoms with E-state index in [1.54, 1.807) is 30.9 Å². The summed E-state index contributed by atoms with van der Waals surface area (Å²) in [6.45, 7) is 7.56. The van der Waals surface area contributed by atoms with Crippen molar-refractivity contribution >= 4 is 17.7 Å². The summed E-state index contributed by atoms with van der Waals surface area (Å²) in [5.41, 5.74) is 2.06. The van der Waals surface area contributed by atoms with Gasteiger partial charge in [0.25, 0.3) is 5.91 Å². The highest BCUT2D eigenvalue weighted by Crippen LogP contribution is 2.22. The molecule has 1 N–H and O–H groups in total. The first-order valence-electron chi connectivity index (χ1n) is 9.23. The minimum Gasteiger partial charge on any atom is -0.465 e. The molecule has 3 rings (SSSR count). The molecule has 0 bridgehead atoms. The van der Waals surface area contributed by atoms with Crippen molar-refractivity contribution < 1.29 is 23.5 Å². The molecule has 1 atom stereocenters. The molecule has 2 aromatic rings. The zero-order chi connectivity index (χ0) is 20.4. The lowest BCUT2D eigenvalue weighted by Gasteiger charge is -2.37. The van der Waals surface area contributed by atoms with Crippen LogP contribution in [0.15, 0.2) is 22.8 Å². The number of carbonyl (C=O) groups excluding carboxylic acids is 3. The van der Waals surface area contributed by atoms with Crippen LogP contribution in [0.5, 0.6) is 0 Å². The highest BCUT2D eigenvalue weighted by molar-refractivity contribution is 6.03. The van der Waals surface area contributed by atoms with Crippen LogP contribution in [0.4, 0.5) is 0 Å². The standard InChI is InChI=1S/C20H25N3O5/c1-12-16(20(26)27-4)13(2)21-17(12)18(24)14(3)22-7-9-23(10-8-22)19(25)15-6-5-11-28-15/h5-6,11,14,21H,7-10H2,1-4H3. The molecule has 0 aromatic carbocycles. The van der Waals surface area contributed by atoms with Crippen LogP contribution in [0.25, 0.3) is 0 Å². The number of methoxy groups -OCH3 is 1. The van der Waals surface area contributed by atoms with E-state index in [1.807, 2.05) is 11.8 Å². The van der Waals surface area contributed by atoms with Gasteiger partial charge < -0.3 is 19.0 Å². The monoisotopic (exact) mass is 387 g/mol. The predicted octanol–water partition coefficient (Wildman–Crippen LogP) is 2.04. The topological polar surface area (TPSA) is 95.9 Å². The number of rotatable bonds is 5. The third kappa shape index (κ3) is 3.60. The summed E-state index contributed by atoms with van der Waals surface area (Å²) >= 11 is 0. The maximum absolute atomic E-state index is 13.0. The molecule has 1 aliphatic rings. The van der Waals surface area contributed by atoms with E-state index in [9.17, 15) is 14.4 Å². The number of nitrogens with zero attached hydrogens (tertiary/aromatic N) is 2. The predicted molar refractivity (Wildman–Crippen MR) is 102 cm³/mol. The summed E-state index contributed by atoms with van der Waals surface area (Å²) in [5.74, 6) is -0.350. The fourth-order valence-corrected chi connectivity index (χ4v) is 3.65. The van der Waals surface area contributed by atoms with Gasteiger partial charge in [0.1, 0.15) is 0 Å². The third-order valence-electron chi connectivity index (χ3n) is 5.33. The summed E-state index contributed by atoms with van der Waals surface area (Å²) in [4.78, 5) is 44.2. The number of nitrogens with one attached hydrogen (secondary N) is 1. The first-order valence-corrected chi connectivity index (χ1v) is 9.23. The van der Waals surface area contributed by atoms with E-state index in [4.69, 9.17) is 9.15 Å². The molecule has 0 aliphatic carbocycles. The van der Waals surface area contributed by atoms with Crippen LogP contribution in [0.1, 0.15) is 49.6 Å². The lowest BCUT2D eigenvalue weighted by atomic mass is 10.0. The largest absolute Gasteiger partial charge is 0.465 e. The van der Waals surface area contributed by atoms with Gasteiger partial charge in [0.15, 0.2) is 11.5 Å². The van der Waals surface area contributed by atoms with Gasteiger partial charge in [-0.3, -0.25) is 14.5 Å². The Morgan fingerprint density at radius 3 is 2.43 bits per heavy atom. The lowest BCUT2D eigenvalue weighted by molar-refractivity contribution is 0.0526. The minimum absolute atomic E-state index is 0.0819. The van der Waals surface area contributed by atoms with Crippen molar-refractivity contribution in [2.24, 2.45) is 0 Å². The number of aromatic amines is 1. The van der Waals surface area contributed by atoms with Crippen molar-refractivity contribution in [2.75, 3.05) is 33.3 Å². The molecule has 1 saturated heterocycles. The maximum atomic E-state index is 13.0. The fraction of sp³-hybridized carbons (Fsp3) is 0.450. The number of hydrogen-bond donors (Lipinski definition) is 1. The van der Waals surface area contributed by atoms with E-state index in [-0.39, 0.29) is 17.7 Å². The van der Waals surface area contributed by atoms with Crippen LogP contribution in [-0.4, -0.2) is 71.8 Å². The SMILES string of the molecule is COC(=O)c1c(C)[nH]c(C(=O)C(C)N2CCN(C(=O)c3ccco3)CC2)c1C. The zero-order valence-corrected chi connectivity index (χ0v) is 16.6. The van der Waals surface area contributed by atoms with Crippen LogP contribution in [0.3, 0.4) is 0 Å². The molecule has 1 aliphatic heterocycles. The second-order valence-electron chi connectivity index (χ2n) is 6.96. The van der Waals surface area contributed by atoms with Crippen LogP contribution in [0, 0.1) is 13.8 Å². The number of piperazine rings is 1. The summed E-state index contributed by atoms with van der Waals surface area (Å²) in [5, 5.41) is 0. The molecule has 8 nitrogen and oxygen atoms in total. The first-order chi connectivity index (χ1) is 13.3. The van der Waals surface area contributed by atoms with Crippen molar-refractivity contribution in [2.45, 2.75) is 26.8 Å². The summed E-state index contributed by atoms with van der Waals surface area (Å²) in [7, 11) is 1.32. The van der Waals surface area contributed by atoms with E-state index < -0.39 is 5.97 Å². The molecule has 0 saturated carbocycles. The fourth-order valence-electron chi connectivity index (χ4n) is 3.65. The molecule has 1 unspecified atom stereocenters. The summed E-state index contributed by atoms with van der Waals surface area (Å²) in [6, 6.07) is 2.96. The second kappa shape index (κ2) is 8.02. The van der Waals surface area contributed by atoms with Gasteiger partial charge >= 0.3 is 5.97 Å². The van der Waals surface area contributed by atoms with E-state index >= 15 is 0 Å². The van der Waals surface area contributed by atoms with E-state index in [1.165, 1.54) is 13.4 Å². The number of H-pyrrole nitrogens is 1. The van der Waals surface area contributed by atoms with Gasteiger partial charge in [0.05, 0.1) is 30.7 Å². The first kappa shape index (κ1) is 19.9. The van der Waals surface area contributed by atoms with E-state index in [0.29, 0.717) is 54.5 Å². The number of furan rings is 1. The molecule has 28 heavy (non-hydrogen) atoms. The van der Waals surface area contributed by atoms with Crippen LogP contribution in [-0.2, 0) is 4.74 Å². The average molecular weight is 387 g/mol. The molecule has 0 spiro atoms. The van der Waals surface area contributed by atoms with E-state index in [2.05, 4.69) is 4.98 Å². The number of carbonyl (C=O) groups is 3. The molecular weight excluding hydrogens is 362 g/mol. The Hall–Kier alpha value is -2.87. The molecule has 1 amide bonds. The van der Waals surface area contributed by atoms with Crippen molar-refractivity contribution in [3.8, 4) is 0 Å². The number of Topliss-reactive ketones (excluding diaryl/α,β-unsaturated/α-hetero) is 1. The van der Waals surface area contributed by atoms with Crippen molar-refractivity contribution in [3.63, 3.8) is 0 Å². The van der Waals surface area contributed by atoms with Gasteiger partial charge in [0.2, 0.25) is 0 Å². The quantitative estimate of drug-likeness (QED) is 0.623. The number of ketones is 1. The third-order valence-corrected chi connectivity index (χ3v) is 5.33. The number of ether oxygens (including phenoxy) is 1. The molecule has 1 fully saturated rings. The van der Waals surface area contributed by atoms with Crippen LogP contribution >= 0.6 is 0 Å². The second-order valence-corrected chi connectivity index (χ2v) is 6.96. The summed E-state index contributed by atoms with van der Waals surface area (Å²) < 4.78 is 9.98. The Bertz CT molecular complexity index is 876. The Morgan fingerprint density at radius 1 is 1.18 bits per heavy atom. The van der Waals surface area contributed by atoms with Gasteiger partial charge in [-0.1, -0.05) is 0 Å². The molecule has 8 heteroatoms. The van der Waals surface area contributed by atoms with Gasteiger partial charge in [-0.2, -0.15) is 0 Å². The molecule has 150 valence electrons.